The molecule has 0 aromatic heterocycles. The molecular formula is C21H27NO4. The van der Waals surface area contributed by atoms with Crippen LogP contribution < -0.4 is 19.5 Å². The Balaban J connectivity index is 1.90. The molecule has 0 heterocycles. The number of hydrogen-bond acceptors (Lipinski definition) is 4. The van der Waals surface area contributed by atoms with Gasteiger partial charge in [-0.1, -0.05) is 32.0 Å². The fourth-order valence-corrected chi connectivity index (χ4v) is 2.59. The largest absolute Gasteiger partial charge is 0.493 e. The molecule has 1 atom stereocenters. The highest BCUT2D eigenvalue weighted by molar-refractivity contribution is 5.78. The smallest absolute Gasteiger partial charge is 0.258 e. The number of nitrogens with one attached hydrogen (secondary N) is 1. The van der Waals surface area contributed by atoms with E-state index in [1.54, 1.807) is 14.2 Å². The summed E-state index contributed by atoms with van der Waals surface area (Å²) in [6, 6.07) is 13.2. The van der Waals surface area contributed by atoms with E-state index < -0.39 is 0 Å². The first-order valence-electron chi connectivity index (χ1n) is 8.68. The summed E-state index contributed by atoms with van der Waals surface area (Å²) in [6.45, 7) is 6.16. The Hall–Kier alpha value is -2.69. The molecule has 5 heteroatoms. The average molecular weight is 357 g/mol. The van der Waals surface area contributed by atoms with Crippen LogP contribution in [0.15, 0.2) is 42.5 Å². The van der Waals surface area contributed by atoms with Crippen LogP contribution in [0.3, 0.4) is 0 Å². The van der Waals surface area contributed by atoms with Crippen LogP contribution in [0.5, 0.6) is 17.2 Å². The van der Waals surface area contributed by atoms with Crippen molar-refractivity contribution in [3.05, 3.63) is 53.6 Å². The van der Waals surface area contributed by atoms with Crippen molar-refractivity contribution in [1.82, 2.24) is 5.32 Å². The zero-order valence-electron chi connectivity index (χ0n) is 16.0. The Labute approximate surface area is 155 Å². The van der Waals surface area contributed by atoms with E-state index in [-0.39, 0.29) is 18.6 Å². The van der Waals surface area contributed by atoms with E-state index in [1.807, 2.05) is 49.4 Å². The number of ether oxygens (including phenoxy) is 3. The summed E-state index contributed by atoms with van der Waals surface area (Å²) in [7, 11) is 3.18. The van der Waals surface area contributed by atoms with Gasteiger partial charge in [0.25, 0.3) is 5.91 Å². The van der Waals surface area contributed by atoms with E-state index in [0.29, 0.717) is 23.2 Å². The molecule has 0 spiro atoms. The lowest BCUT2D eigenvalue weighted by atomic mass is 10.0. The topological polar surface area (TPSA) is 56.8 Å². The summed E-state index contributed by atoms with van der Waals surface area (Å²) in [5.41, 5.74) is 2.17. The number of amides is 1. The molecule has 0 saturated heterocycles. The predicted octanol–water partition coefficient (Wildman–Crippen LogP) is 4.08. The first-order chi connectivity index (χ1) is 12.4. The Morgan fingerprint density at radius 2 is 1.54 bits per heavy atom. The van der Waals surface area contributed by atoms with E-state index >= 15 is 0 Å². The minimum atomic E-state index is -0.180. The van der Waals surface area contributed by atoms with Gasteiger partial charge < -0.3 is 19.5 Å². The van der Waals surface area contributed by atoms with Gasteiger partial charge in [0.2, 0.25) is 0 Å². The number of rotatable bonds is 8. The molecule has 2 aromatic carbocycles. The van der Waals surface area contributed by atoms with Gasteiger partial charge in [-0.05, 0) is 48.2 Å². The lowest BCUT2D eigenvalue weighted by molar-refractivity contribution is -0.123. The molecule has 0 saturated carbocycles. The van der Waals surface area contributed by atoms with Gasteiger partial charge in [0.15, 0.2) is 18.1 Å². The van der Waals surface area contributed by atoms with Crippen molar-refractivity contribution in [2.24, 2.45) is 0 Å². The molecule has 0 aliphatic heterocycles. The first kappa shape index (κ1) is 19.6. The van der Waals surface area contributed by atoms with Crippen molar-refractivity contribution < 1.29 is 19.0 Å². The lowest BCUT2D eigenvalue weighted by Crippen LogP contribution is -2.31. The van der Waals surface area contributed by atoms with Gasteiger partial charge in [-0.25, -0.2) is 0 Å². The van der Waals surface area contributed by atoms with Gasteiger partial charge in [0.1, 0.15) is 5.75 Å². The second kappa shape index (κ2) is 9.13. The van der Waals surface area contributed by atoms with Gasteiger partial charge in [-0.15, -0.1) is 0 Å². The van der Waals surface area contributed by atoms with Crippen molar-refractivity contribution in [1.29, 1.82) is 0 Å². The van der Waals surface area contributed by atoms with Crippen LogP contribution in [-0.4, -0.2) is 26.7 Å². The molecule has 0 radical (unpaired) electrons. The number of methoxy groups -OCH3 is 2. The SMILES string of the molecule is COc1ccc([C@H](C)NC(=O)COc2ccc(C(C)C)cc2)cc1OC. The third-order valence-corrected chi connectivity index (χ3v) is 4.20. The minimum absolute atomic E-state index is 0.0291. The summed E-state index contributed by atoms with van der Waals surface area (Å²) < 4.78 is 16.1. The molecule has 2 aromatic rings. The number of hydrogen-bond donors (Lipinski definition) is 1. The summed E-state index contributed by atoms with van der Waals surface area (Å²) in [4.78, 5) is 12.2. The van der Waals surface area contributed by atoms with Crippen LogP contribution in [0.1, 0.15) is 43.9 Å². The molecule has 2 rings (SSSR count). The summed E-state index contributed by atoms with van der Waals surface area (Å²) >= 11 is 0. The molecule has 0 aliphatic carbocycles. The third-order valence-electron chi connectivity index (χ3n) is 4.20. The minimum Gasteiger partial charge on any atom is -0.493 e. The monoisotopic (exact) mass is 357 g/mol. The quantitative estimate of drug-likeness (QED) is 0.773. The highest BCUT2D eigenvalue weighted by Gasteiger charge is 2.13. The van der Waals surface area contributed by atoms with Crippen LogP contribution in [0.25, 0.3) is 0 Å². The van der Waals surface area contributed by atoms with Gasteiger partial charge in [-0.3, -0.25) is 4.79 Å². The highest BCUT2D eigenvalue weighted by Crippen LogP contribution is 2.29. The first-order valence-corrected chi connectivity index (χ1v) is 8.68. The van der Waals surface area contributed by atoms with Gasteiger partial charge in [0, 0.05) is 0 Å². The molecule has 0 fully saturated rings. The van der Waals surface area contributed by atoms with E-state index in [9.17, 15) is 4.79 Å². The van der Waals surface area contributed by atoms with Crippen molar-refractivity contribution in [2.75, 3.05) is 20.8 Å². The van der Waals surface area contributed by atoms with Crippen molar-refractivity contribution in [2.45, 2.75) is 32.7 Å². The molecule has 0 aliphatic rings. The molecule has 140 valence electrons. The zero-order chi connectivity index (χ0) is 19.1. The van der Waals surface area contributed by atoms with E-state index in [0.717, 1.165) is 5.56 Å². The Kier molecular flexibility index (Phi) is 6.89. The van der Waals surface area contributed by atoms with Gasteiger partial charge in [-0.2, -0.15) is 0 Å². The van der Waals surface area contributed by atoms with Gasteiger partial charge >= 0.3 is 0 Å². The number of carbonyl (C=O) groups excluding carboxylic acids is 1. The van der Waals surface area contributed by atoms with Crippen LogP contribution in [0.2, 0.25) is 0 Å². The summed E-state index contributed by atoms with van der Waals surface area (Å²) in [5.74, 6) is 2.26. The summed E-state index contributed by atoms with van der Waals surface area (Å²) in [6.07, 6.45) is 0. The lowest BCUT2D eigenvalue weighted by Gasteiger charge is -2.17. The highest BCUT2D eigenvalue weighted by atomic mass is 16.5. The van der Waals surface area contributed by atoms with Crippen LogP contribution in [0.4, 0.5) is 0 Å². The third kappa shape index (κ3) is 5.15. The molecule has 5 nitrogen and oxygen atoms in total. The maximum absolute atomic E-state index is 12.2. The van der Waals surface area contributed by atoms with E-state index in [4.69, 9.17) is 14.2 Å². The van der Waals surface area contributed by atoms with Crippen LogP contribution in [-0.2, 0) is 4.79 Å². The second-order valence-electron chi connectivity index (χ2n) is 6.42. The Morgan fingerprint density at radius 1 is 0.923 bits per heavy atom. The zero-order valence-corrected chi connectivity index (χ0v) is 16.0. The number of benzene rings is 2. The maximum Gasteiger partial charge on any atom is 0.258 e. The predicted molar refractivity (Wildman–Crippen MR) is 102 cm³/mol. The fraction of sp³-hybridized carbons (Fsp3) is 0.381. The Morgan fingerprint density at radius 3 is 2.12 bits per heavy atom. The Bertz CT molecular complexity index is 725. The van der Waals surface area contributed by atoms with Crippen molar-refractivity contribution >= 4 is 5.91 Å². The molecule has 1 N–H and O–H groups in total. The second-order valence-corrected chi connectivity index (χ2v) is 6.42. The molecule has 0 bridgehead atoms. The van der Waals surface area contributed by atoms with Crippen LogP contribution >= 0.6 is 0 Å². The standard InChI is InChI=1S/C21H27NO4/c1-14(2)16-6-9-18(10-7-16)26-13-21(23)22-15(3)17-8-11-19(24-4)20(12-17)25-5/h6-12,14-15H,13H2,1-5H3,(H,22,23)/t15-/m0/s1. The number of carbonyl (C=O) groups is 1. The van der Waals surface area contributed by atoms with Crippen LogP contribution in [0, 0.1) is 0 Å². The van der Waals surface area contributed by atoms with E-state index in [1.165, 1.54) is 5.56 Å². The fourth-order valence-electron chi connectivity index (χ4n) is 2.59. The van der Waals surface area contributed by atoms with E-state index in [2.05, 4.69) is 19.2 Å². The average Bonchev–Trinajstić information content (AvgIpc) is 2.65. The van der Waals surface area contributed by atoms with Crippen molar-refractivity contribution in [3.8, 4) is 17.2 Å². The molecule has 1 amide bonds. The summed E-state index contributed by atoms with van der Waals surface area (Å²) in [5, 5.41) is 2.92. The van der Waals surface area contributed by atoms with Crippen molar-refractivity contribution in [3.63, 3.8) is 0 Å². The normalized spacial score (nSPS) is 11.8. The molecule has 0 unspecified atom stereocenters. The molecular weight excluding hydrogens is 330 g/mol. The molecule has 26 heavy (non-hydrogen) atoms. The van der Waals surface area contributed by atoms with Gasteiger partial charge in [0.05, 0.1) is 20.3 Å². The maximum atomic E-state index is 12.2.